The zero-order valence-electron chi connectivity index (χ0n) is 11.9. The summed E-state index contributed by atoms with van der Waals surface area (Å²) in [4.78, 5) is 21.7. The molecule has 8 heteroatoms. The van der Waals surface area contributed by atoms with Gasteiger partial charge in [-0.15, -0.1) is 5.16 Å². The van der Waals surface area contributed by atoms with Crippen molar-refractivity contribution >= 4 is 36.7 Å². The largest absolute Gasteiger partial charge is 0.422 e. The van der Waals surface area contributed by atoms with Crippen LogP contribution < -0.4 is 10.5 Å². The van der Waals surface area contributed by atoms with Crippen LogP contribution in [-0.2, 0) is 4.84 Å². The first-order valence-electron chi connectivity index (χ1n) is 6.76. The third-order valence-corrected chi connectivity index (χ3v) is 3.57. The van der Waals surface area contributed by atoms with Gasteiger partial charge in [-0.1, -0.05) is 29.8 Å². The van der Waals surface area contributed by atoms with Crippen LogP contribution in [0.4, 0.5) is 5.69 Å². The lowest BCUT2D eigenvalue weighted by Gasteiger charge is -2.12. The minimum atomic E-state index is -0.707. The van der Waals surface area contributed by atoms with Crippen molar-refractivity contribution in [2.45, 2.75) is 12.5 Å². The first-order valence-corrected chi connectivity index (χ1v) is 7.13. The number of oxime groups is 1. The smallest absolute Gasteiger partial charge is 0.363 e. The second kappa shape index (κ2) is 6.30. The van der Waals surface area contributed by atoms with Crippen LogP contribution in [0.25, 0.3) is 0 Å². The summed E-state index contributed by atoms with van der Waals surface area (Å²) in [5.41, 5.74) is 6.73. The van der Waals surface area contributed by atoms with Crippen LogP contribution in [-0.4, -0.2) is 24.4 Å². The number of nitrogens with zero attached hydrogens (tertiary/aromatic N) is 2. The van der Waals surface area contributed by atoms with Gasteiger partial charge < -0.3 is 15.3 Å². The fourth-order valence-corrected chi connectivity index (χ4v) is 2.24. The highest BCUT2D eigenvalue weighted by Gasteiger charge is 2.26. The second-order valence-corrected chi connectivity index (χ2v) is 5.26. The van der Waals surface area contributed by atoms with Crippen molar-refractivity contribution in [3.63, 3.8) is 0 Å². The number of esters is 1. The number of hydrogen-bond acceptors (Lipinski definition) is 6. The molecule has 0 spiro atoms. The summed E-state index contributed by atoms with van der Waals surface area (Å²) >= 11 is 6.08. The number of nitrogens with two attached hydrogens (primary N) is 1. The number of pyridine rings is 1. The number of carbonyl (C=O) groups excluding carboxylic acids is 1. The van der Waals surface area contributed by atoms with E-state index in [-0.39, 0.29) is 16.4 Å². The highest BCUT2D eigenvalue weighted by atomic mass is 35.5. The normalized spacial score (nSPS) is 16.6. The number of halogens is 1. The Labute approximate surface area is 138 Å². The SMILES string of the molecule is [B]C1=NOC(c2cc(N)c(Cl)c(C(=O)Oc3ccccc3)n2)C1. The van der Waals surface area contributed by atoms with Gasteiger partial charge in [-0.2, -0.15) is 0 Å². The maximum Gasteiger partial charge on any atom is 0.363 e. The van der Waals surface area contributed by atoms with E-state index in [0.717, 1.165) is 0 Å². The zero-order chi connectivity index (χ0) is 16.4. The summed E-state index contributed by atoms with van der Waals surface area (Å²) in [5, 5.41) is 3.68. The van der Waals surface area contributed by atoms with E-state index in [1.54, 1.807) is 24.3 Å². The molecule has 0 amide bonds. The van der Waals surface area contributed by atoms with E-state index in [4.69, 9.17) is 34.8 Å². The summed E-state index contributed by atoms with van der Waals surface area (Å²) in [6.07, 6.45) is -0.140. The zero-order valence-corrected chi connectivity index (χ0v) is 12.7. The summed E-state index contributed by atoms with van der Waals surface area (Å²) in [6.45, 7) is 0. The molecule has 1 aromatic carbocycles. The number of ether oxygens (including phenoxy) is 1. The van der Waals surface area contributed by atoms with Crippen LogP contribution in [0.3, 0.4) is 0 Å². The molecule has 1 aliphatic rings. The minimum Gasteiger partial charge on any atom is -0.422 e. The molecule has 0 aliphatic carbocycles. The fraction of sp³-hybridized carbons (Fsp3) is 0.133. The predicted octanol–water partition coefficient (Wildman–Crippen LogP) is 2.48. The number of carbonyl (C=O) groups is 1. The molecular weight excluding hydrogens is 316 g/mol. The van der Waals surface area contributed by atoms with Crippen molar-refractivity contribution in [2.75, 3.05) is 5.73 Å². The molecular formula is C15H11BClN3O3. The van der Waals surface area contributed by atoms with Crippen LogP contribution in [0.15, 0.2) is 41.6 Å². The number of aromatic nitrogens is 1. The Morgan fingerprint density at radius 2 is 2.13 bits per heavy atom. The third-order valence-electron chi connectivity index (χ3n) is 3.17. The average Bonchev–Trinajstić information content (AvgIpc) is 2.97. The molecule has 2 radical (unpaired) electrons. The molecule has 1 atom stereocenters. The predicted molar refractivity (Wildman–Crippen MR) is 86.7 cm³/mol. The van der Waals surface area contributed by atoms with Gasteiger partial charge in [0.1, 0.15) is 13.6 Å². The van der Waals surface area contributed by atoms with Crippen molar-refractivity contribution in [2.24, 2.45) is 5.16 Å². The lowest BCUT2D eigenvalue weighted by Crippen LogP contribution is -2.15. The Morgan fingerprint density at radius 1 is 1.39 bits per heavy atom. The highest BCUT2D eigenvalue weighted by molar-refractivity contribution is 6.59. The van der Waals surface area contributed by atoms with Gasteiger partial charge in [0.05, 0.1) is 16.4 Å². The monoisotopic (exact) mass is 327 g/mol. The number of benzene rings is 1. The third kappa shape index (κ3) is 3.29. The Balaban J connectivity index is 1.89. The van der Waals surface area contributed by atoms with E-state index < -0.39 is 12.1 Å². The number of rotatable bonds is 3. The van der Waals surface area contributed by atoms with Crippen molar-refractivity contribution < 1.29 is 14.4 Å². The van der Waals surface area contributed by atoms with E-state index >= 15 is 0 Å². The second-order valence-electron chi connectivity index (χ2n) is 4.88. The maximum absolute atomic E-state index is 12.3. The lowest BCUT2D eigenvalue weighted by molar-refractivity contribution is 0.0719. The number of para-hydroxylation sites is 1. The number of nitrogen functional groups attached to an aromatic ring is 1. The Bertz CT molecular complexity index is 783. The summed E-state index contributed by atoms with van der Waals surface area (Å²) in [5.74, 6) is -0.328. The molecule has 6 nitrogen and oxygen atoms in total. The van der Waals surface area contributed by atoms with Crippen LogP contribution in [0.2, 0.25) is 5.02 Å². The van der Waals surface area contributed by atoms with Gasteiger partial charge in [0.25, 0.3) is 0 Å². The first kappa shape index (κ1) is 15.4. The van der Waals surface area contributed by atoms with Gasteiger partial charge in [0.15, 0.2) is 11.8 Å². The van der Waals surface area contributed by atoms with Gasteiger partial charge >= 0.3 is 5.97 Å². The molecule has 2 aromatic rings. The van der Waals surface area contributed by atoms with Crippen LogP contribution in [0.5, 0.6) is 5.75 Å². The molecule has 0 saturated heterocycles. The summed E-state index contributed by atoms with van der Waals surface area (Å²) < 4.78 is 5.24. The molecule has 0 bridgehead atoms. The molecule has 23 heavy (non-hydrogen) atoms. The minimum absolute atomic E-state index is 0.0292. The van der Waals surface area contributed by atoms with Gasteiger partial charge in [-0.3, -0.25) is 0 Å². The fourth-order valence-electron chi connectivity index (χ4n) is 2.07. The van der Waals surface area contributed by atoms with Crippen LogP contribution in [0.1, 0.15) is 28.7 Å². The Kier molecular flexibility index (Phi) is 4.21. The standard InChI is InChI=1S/C15H11BClN3O3/c16-12-7-11(23-20-12)10-6-9(18)13(17)14(19-10)15(21)22-8-4-2-1-3-5-8/h1-6,11H,7H2,(H2,18,19). The van der Waals surface area contributed by atoms with E-state index in [1.807, 2.05) is 6.07 Å². The van der Waals surface area contributed by atoms with E-state index in [0.29, 0.717) is 23.5 Å². The van der Waals surface area contributed by atoms with Gasteiger partial charge in [0.2, 0.25) is 0 Å². The topological polar surface area (TPSA) is 86.8 Å². The van der Waals surface area contributed by atoms with Gasteiger partial charge in [0, 0.05) is 12.0 Å². The Hall–Kier alpha value is -2.54. The molecule has 3 rings (SSSR count). The molecule has 114 valence electrons. The van der Waals surface area contributed by atoms with Crippen molar-refractivity contribution in [1.29, 1.82) is 0 Å². The van der Waals surface area contributed by atoms with E-state index in [1.165, 1.54) is 6.07 Å². The van der Waals surface area contributed by atoms with Crippen molar-refractivity contribution in [1.82, 2.24) is 4.98 Å². The maximum atomic E-state index is 12.3. The molecule has 1 unspecified atom stereocenters. The van der Waals surface area contributed by atoms with E-state index in [2.05, 4.69) is 10.1 Å². The molecule has 0 fully saturated rings. The van der Waals surface area contributed by atoms with Crippen molar-refractivity contribution in [3.05, 3.63) is 52.8 Å². The number of anilines is 1. The summed E-state index contributed by atoms with van der Waals surface area (Å²) in [7, 11) is 5.58. The van der Waals surface area contributed by atoms with Gasteiger partial charge in [-0.05, 0) is 18.2 Å². The molecule has 1 aliphatic heterocycles. The van der Waals surface area contributed by atoms with Gasteiger partial charge in [-0.25, -0.2) is 9.78 Å². The first-order chi connectivity index (χ1) is 11.0. The highest BCUT2D eigenvalue weighted by Crippen LogP contribution is 2.31. The van der Waals surface area contributed by atoms with Crippen LogP contribution in [0, 0.1) is 0 Å². The quantitative estimate of drug-likeness (QED) is 0.531. The Morgan fingerprint density at radius 3 is 2.78 bits per heavy atom. The summed E-state index contributed by atoms with van der Waals surface area (Å²) in [6, 6.07) is 10.1. The lowest BCUT2D eigenvalue weighted by atomic mass is 9.95. The molecule has 2 heterocycles. The molecule has 1 aromatic heterocycles. The van der Waals surface area contributed by atoms with E-state index in [9.17, 15) is 4.79 Å². The average molecular weight is 328 g/mol. The van der Waals surface area contributed by atoms with Crippen molar-refractivity contribution in [3.8, 4) is 5.75 Å². The number of hydrogen-bond donors (Lipinski definition) is 1. The van der Waals surface area contributed by atoms with Crippen LogP contribution >= 0.6 is 11.6 Å². The molecule has 2 N–H and O–H groups in total. The molecule has 0 saturated carbocycles.